The lowest BCUT2D eigenvalue weighted by Gasteiger charge is -2.67. The van der Waals surface area contributed by atoms with Crippen LogP contribution in [0.3, 0.4) is 0 Å². The van der Waals surface area contributed by atoms with Crippen LogP contribution in [0.5, 0.6) is 0 Å². The third-order valence-corrected chi connectivity index (χ3v) is 12.4. The van der Waals surface area contributed by atoms with Crippen molar-refractivity contribution in [1.29, 1.82) is 0 Å². The van der Waals surface area contributed by atoms with Crippen molar-refractivity contribution >= 4 is 29.8 Å². The Morgan fingerprint density at radius 2 is 1.59 bits per heavy atom. The van der Waals surface area contributed by atoms with Crippen LogP contribution in [0.15, 0.2) is 71.8 Å². The Labute approximate surface area is 378 Å². The molecule has 6 rings (SSSR count). The molecule has 2 saturated carbocycles. The normalized spacial score (nSPS) is 37.0. The lowest BCUT2D eigenvalue weighted by molar-refractivity contribution is -0.347. The maximum atomic E-state index is 15.8. The number of carbonyl (C=O) groups is 5. The summed E-state index contributed by atoms with van der Waals surface area (Å²) >= 11 is 0. The number of aliphatic hydroxyl groups is 2. The first-order valence-electron chi connectivity index (χ1n) is 26.8. The number of carbonyl (C=O) groups excluding carboxylic acids is 4. The van der Waals surface area contributed by atoms with Crippen LogP contribution in [0.1, 0.15) is 117 Å². The third-order valence-electron chi connectivity index (χ3n) is 12.4. The van der Waals surface area contributed by atoms with Crippen LogP contribution in [-0.4, -0.2) is 114 Å². The van der Waals surface area contributed by atoms with E-state index in [1.807, 2.05) is 0 Å². The zero-order chi connectivity index (χ0) is 58.0. The number of ketones is 1. The van der Waals surface area contributed by atoms with Crippen LogP contribution >= 0.6 is 0 Å². The van der Waals surface area contributed by atoms with Crippen molar-refractivity contribution in [3.63, 3.8) is 0 Å². The number of Topliss-reactive ketones (excluding diaryl/α,β-unsaturated/α-hetero) is 1. The molecular formula is C46H61NO14. The average molecular weight is 867 g/mol. The first-order chi connectivity index (χ1) is 34.4. The topological polar surface area (TPSA) is 213 Å². The quantitative estimate of drug-likeness (QED) is 0.135. The molecule has 1 amide bonds. The molecule has 15 nitrogen and oxygen atoms in total. The highest BCUT2D eigenvalue weighted by molar-refractivity contribution is 5.94. The minimum absolute atomic E-state index is 0.0339. The molecule has 1 saturated heterocycles. The third kappa shape index (κ3) is 8.72. The fourth-order valence-electron chi connectivity index (χ4n) is 9.49. The van der Waals surface area contributed by atoms with E-state index >= 15 is 4.79 Å². The number of benzene rings is 2. The van der Waals surface area contributed by atoms with E-state index in [1.54, 1.807) is 12.1 Å². The smallest absolute Gasteiger partial charge is 0.405 e. The zero-order valence-corrected chi connectivity index (χ0v) is 34.3. The Balaban J connectivity index is 0.000000666. The van der Waals surface area contributed by atoms with Crippen LogP contribution in [0.4, 0.5) is 4.79 Å². The molecule has 0 aromatic heterocycles. The molecule has 2 aromatic rings. The summed E-state index contributed by atoms with van der Waals surface area (Å²) in [6, 6.07) is 13.5. The number of hydrogen-bond acceptors (Lipinski definition) is 13. The van der Waals surface area contributed by atoms with Gasteiger partial charge >= 0.3 is 24.0 Å². The minimum atomic E-state index is -3.36. The summed E-state index contributed by atoms with van der Waals surface area (Å²) in [5, 5.41) is 36.8. The van der Waals surface area contributed by atoms with Crippen LogP contribution in [0.2, 0.25) is 0 Å². The number of ether oxygens (including phenoxy) is 6. The highest BCUT2D eigenvalue weighted by Gasteiger charge is 2.78. The second-order valence-corrected chi connectivity index (χ2v) is 16.7. The molecule has 1 heterocycles. The van der Waals surface area contributed by atoms with E-state index in [0.717, 1.165) is 13.8 Å². The van der Waals surface area contributed by atoms with Gasteiger partial charge in [0.15, 0.2) is 17.5 Å². The van der Waals surface area contributed by atoms with E-state index < -0.39 is 160 Å². The summed E-state index contributed by atoms with van der Waals surface area (Å²) in [6.45, 7) is -2.35. The summed E-state index contributed by atoms with van der Waals surface area (Å²) in [5.41, 5.74) is -11.6. The number of nitrogens with one attached hydrogen (secondary N) is 1. The zero-order valence-electron chi connectivity index (χ0n) is 49.3. The molecule has 334 valence electrons. The predicted molar refractivity (Wildman–Crippen MR) is 220 cm³/mol. The molecule has 3 fully saturated rings. The molecule has 1 aliphatic heterocycles. The molecule has 2 aromatic carbocycles. The van der Waals surface area contributed by atoms with Crippen LogP contribution in [0, 0.1) is 22.2 Å². The lowest BCUT2D eigenvalue weighted by Crippen LogP contribution is -2.82. The van der Waals surface area contributed by atoms with Crippen molar-refractivity contribution in [2.75, 3.05) is 20.7 Å². The van der Waals surface area contributed by atoms with Crippen molar-refractivity contribution in [3.05, 3.63) is 82.9 Å². The van der Waals surface area contributed by atoms with Crippen molar-refractivity contribution in [2.45, 2.75) is 129 Å². The summed E-state index contributed by atoms with van der Waals surface area (Å²) < 4.78 is 147. The molecule has 4 aliphatic rings. The van der Waals surface area contributed by atoms with Gasteiger partial charge in [0.05, 0.1) is 43.9 Å². The number of fused-ring (bicyclic) bond motifs is 5. The molecule has 3 aliphatic carbocycles. The van der Waals surface area contributed by atoms with Crippen LogP contribution in [-0.2, 0) is 42.8 Å². The van der Waals surface area contributed by atoms with Crippen molar-refractivity contribution in [3.8, 4) is 0 Å². The molecule has 0 unspecified atom stereocenters. The van der Waals surface area contributed by atoms with Crippen LogP contribution < -0.4 is 5.32 Å². The molecule has 4 N–H and O–H groups in total. The number of amides is 1. The second-order valence-electron chi connectivity index (χ2n) is 16.7. The van der Waals surface area contributed by atoms with Gasteiger partial charge in [0.25, 0.3) is 0 Å². The minimum Gasteiger partial charge on any atom is -0.465 e. The van der Waals surface area contributed by atoms with E-state index in [4.69, 9.17) is 49.0 Å². The van der Waals surface area contributed by atoms with Crippen molar-refractivity contribution in [1.82, 2.24) is 5.32 Å². The first-order valence-corrected chi connectivity index (χ1v) is 19.3. The number of aliphatic hydroxyl groups excluding tert-OH is 1. The molecule has 0 spiro atoms. The van der Waals surface area contributed by atoms with Gasteiger partial charge in [-0.2, -0.15) is 0 Å². The van der Waals surface area contributed by atoms with Gasteiger partial charge < -0.3 is 49.1 Å². The Hall–Kier alpha value is -4.67. The Kier molecular flexibility index (Phi) is 8.77. The molecule has 61 heavy (non-hydrogen) atoms. The van der Waals surface area contributed by atoms with Gasteiger partial charge in [-0.25, -0.2) is 14.4 Å². The summed E-state index contributed by atoms with van der Waals surface area (Å²) in [4.78, 5) is 69.0. The maximum absolute atomic E-state index is 15.8. The van der Waals surface area contributed by atoms with E-state index in [0.29, 0.717) is 0 Å². The number of hydrogen-bond donors (Lipinski definition) is 4. The lowest BCUT2D eigenvalue weighted by atomic mass is 9.44. The highest BCUT2D eigenvalue weighted by atomic mass is 16.6. The van der Waals surface area contributed by atoms with Gasteiger partial charge in [-0.05, 0) is 48.1 Å². The van der Waals surface area contributed by atoms with Gasteiger partial charge in [0, 0.05) is 51.6 Å². The molecular weight excluding hydrogens is 790 g/mol. The van der Waals surface area contributed by atoms with E-state index in [1.165, 1.54) is 76.2 Å². The molecule has 15 heteroatoms. The molecule has 11 atom stereocenters. The van der Waals surface area contributed by atoms with E-state index in [-0.39, 0.29) is 22.3 Å². The predicted octanol–water partition coefficient (Wildman–Crippen LogP) is 5.36. The molecule has 0 radical (unpaired) electrons. The largest absolute Gasteiger partial charge is 0.465 e. The first kappa shape index (κ1) is 30.4. The Morgan fingerprint density at radius 1 is 0.967 bits per heavy atom. The highest BCUT2D eigenvalue weighted by Crippen LogP contribution is 2.64. The van der Waals surface area contributed by atoms with Gasteiger partial charge in [0.2, 0.25) is 0 Å². The summed E-state index contributed by atoms with van der Waals surface area (Å²) in [7, 11) is -6.56. The SMILES string of the molecule is [2H]C([2H])([2H])C(C)(C([2H])([2H])[2H])C([2H])([2H])[2H].[2H]C([2H])([2H])O[C@H]1C(=O)[C@]2(C)[C@@H](OC([2H])([2H])[2H])C[C@H]3OC[C@@]3(OC(C)=O)[C@H]2[C@H](OC(=O)c2ccccc2)[C@]2(O)C[C@H](OC(=O)[C@H](O)[C@@H](NC(=O)O)c3ccccc3)C(C)=C1C2(C)C. The number of methoxy groups -OCH3 is 2. The number of esters is 3. The summed E-state index contributed by atoms with van der Waals surface area (Å²) in [6.07, 6.45) is -13.8. The fraction of sp³-hybridized carbons (Fsp3) is 0.587. The average Bonchev–Trinajstić information content (AvgIpc) is 3.27. The van der Waals surface area contributed by atoms with Gasteiger partial charge in [0.1, 0.15) is 30.0 Å². The number of rotatable bonds is 10. The van der Waals surface area contributed by atoms with E-state index in [2.05, 4.69) is 5.32 Å². The van der Waals surface area contributed by atoms with Crippen LogP contribution in [0.25, 0.3) is 0 Å². The van der Waals surface area contributed by atoms with E-state index in [9.17, 15) is 34.5 Å². The fourth-order valence-corrected chi connectivity index (χ4v) is 9.49. The number of carboxylic acid groups (broad SMARTS) is 1. The standard InChI is InChI=1S/C41H49NO14.C5H12/c1-21-25(54-36(47)30(44)29(42-37(48)49)23-14-10-8-11-15-23)19-41(50)34(55-35(46)24-16-12-9-13-17-24)32-39(5,33(45)31(52-7)28(21)38(41,3)4)26(51-6)18-27-40(32,20-53-27)56-22(2)43;1-5(2,3)4/h8-17,25-27,29-32,34,42,44,50H,18-20H2,1-7H3,(H,48,49);1-4H3/t25-,26-,27+,29-,30+,31+,32-,34-,39+,40-,41+;/m0./s1/i6D3,7D3;1D3,2D3,3D3. The monoisotopic (exact) mass is 867 g/mol. The Bertz CT molecular complexity index is 2500. The van der Waals surface area contributed by atoms with Crippen molar-refractivity contribution in [2.24, 2.45) is 22.2 Å². The van der Waals surface area contributed by atoms with Gasteiger partial charge in [-0.15, -0.1) is 0 Å². The molecule has 2 bridgehead atoms. The maximum Gasteiger partial charge on any atom is 0.405 e. The summed E-state index contributed by atoms with van der Waals surface area (Å²) in [5.74, 6) is -6.29. The van der Waals surface area contributed by atoms with Gasteiger partial charge in [-0.3, -0.25) is 9.59 Å². The van der Waals surface area contributed by atoms with Gasteiger partial charge in [-0.1, -0.05) is 89.9 Å². The van der Waals surface area contributed by atoms with Crippen molar-refractivity contribution < 1.29 is 88.3 Å². The Morgan fingerprint density at radius 3 is 2.11 bits per heavy atom. The second kappa shape index (κ2) is 17.6.